The zero-order valence-electron chi connectivity index (χ0n) is 13.7. The summed E-state index contributed by atoms with van der Waals surface area (Å²) in [5.41, 5.74) is 2.43. The largest absolute Gasteiger partial charge is 0.489 e. The fourth-order valence-electron chi connectivity index (χ4n) is 3.03. The highest BCUT2D eigenvalue weighted by molar-refractivity contribution is 5.27. The molecule has 1 aliphatic heterocycles. The number of nitrogens with one attached hydrogen (secondary N) is 1. The van der Waals surface area contributed by atoms with E-state index >= 15 is 0 Å². The first-order valence-electron chi connectivity index (χ1n) is 8.34. The molecule has 0 spiro atoms. The topological polar surface area (TPSA) is 37.4 Å². The summed E-state index contributed by atoms with van der Waals surface area (Å²) in [6.45, 7) is 3.90. The molecule has 0 radical (unpaired) electrons. The molecule has 0 aliphatic carbocycles. The number of ether oxygens (including phenoxy) is 1. The monoisotopic (exact) mass is 311 g/mol. The molecule has 23 heavy (non-hydrogen) atoms. The van der Waals surface area contributed by atoms with E-state index in [0.29, 0.717) is 12.6 Å². The minimum atomic E-state index is 0.559. The van der Waals surface area contributed by atoms with Gasteiger partial charge in [-0.3, -0.25) is 9.88 Å². The van der Waals surface area contributed by atoms with Gasteiger partial charge in [-0.05, 0) is 50.2 Å². The molecule has 3 rings (SSSR count). The molecule has 0 saturated carbocycles. The van der Waals surface area contributed by atoms with E-state index in [0.717, 1.165) is 24.4 Å². The molecule has 1 aromatic heterocycles. The fourth-order valence-corrected chi connectivity index (χ4v) is 3.03. The molecular weight excluding hydrogens is 286 g/mol. The molecule has 0 bridgehead atoms. The number of pyridine rings is 1. The molecule has 122 valence electrons. The van der Waals surface area contributed by atoms with Gasteiger partial charge in [0.1, 0.15) is 12.4 Å². The smallest absolute Gasteiger partial charge is 0.119 e. The number of hydrogen-bond donors (Lipinski definition) is 1. The SMILES string of the molecule is CNC1CCCN(Cc2ccc(OCc3cccnc3)cc2)C1. The summed E-state index contributed by atoms with van der Waals surface area (Å²) in [7, 11) is 2.06. The van der Waals surface area contributed by atoms with Crippen molar-refractivity contribution < 1.29 is 4.74 Å². The van der Waals surface area contributed by atoms with E-state index < -0.39 is 0 Å². The summed E-state index contributed by atoms with van der Waals surface area (Å²) in [5, 5.41) is 3.39. The predicted molar refractivity (Wildman–Crippen MR) is 92.4 cm³/mol. The van der Waals surface area contributed by atoms with Gasteiger partial charge in [-0.1, -0.05) is 18.2 Å². The number of piperidine rings is 1. The lowest BCUT2D eigenvalue weighted by Gasteiger charge is -2.32. The maximum absolute atomic E-state index is 5.81. The van der Waals surface area contributed by atoms with Crippen molar-refractivity contribution in [1.29, 1.82) is 0 Å². The van der Waals surface area contributed by atoms with Crippen LogP contribution in [0.25, 0.3) is 0 Å². The van der Waals surface area contributed by atoms with Gasteiger partial charge < -0.3 is 10.1 Å². The highest BCUT2D eigenvalue weighted by Gasteiger charge is 2.18. The summed E-state index contributed by atoms with van der Waals surface area (Å²) in [6.07, 6.45) is 6.17. The molecule has 2 aromatic rings. The number of likely N-dealkylation sites (tertiary alicyclic amines) is 1. The third-order valence-electron chi connectivity index (χ3n) is 4.37. The Morgan fingerprint density at radius 3 is 2.83 bits per heavy atom. The Kier molecular flexibility index (Phi) is 5.61. The van der Waals surface area contributed by atoms with Gasteiger partial charge >= 0.3 is 0 Å². The fraction of sp³-hybridized carbons (Fsp3) is 0.421. The number of rotatable bonds is 6. The van der Waals surface area contributed by atoms with Crippen molar-refractivity contribution in [2.24, 2.45) is 0 Å². The zero-order chi connectivity index (χ0) is 15.9. The minimum Gasteiger partial charge on any atom is -0.489 e. The molecule has 1 aliphatic rings. The molecule has 1 saturated heterocycles. The standard InChI is InChI=1S/C19H25N3O/c1-20-18-5-3-11-22(14-18)13-16-6-8-19(9-7-16)23-15-17-4-2-10-21-12-17/h2,4,6-10,12,18,20H,3,5,11,13-15H2,1H3. The van der Waals surface area contributed by atoms with E-state index in [9.17, 15) is 0 Å². The third kappa shape index (κ3) is 4.78. The lowest BCUT2D eigenvalue weighted by molar-refractivity contribution is 0.188. The first-order chi connectivity index (χ1) is 11.3. The van der Waals surface area contributed by atoms with Crippen LogP contribution in [-0.4, -0.2) is 36.1 Å². The van der Waals surface area contributed by atoms with Crippen LogP contribution in [0.4, 0.5) is 0 Å². The summed E-state index contributed by atoms with van der Waals surface area (Å²) in [4.78, 5) is 6.62. The highest BCUT2D eigenvalue weighted by atomic mass is 16.5. The molecule has 1 fully saturated rings. The van der Waals surface area contributed by atoms with Gasteiger partial charge in [0, 0.05) is 37.1 Å². The molecule has 0 amide bonds. The molecule has 1 N–H and O–H groups in total. The van der Waals surface area contributed by atoms with Crippen LogP contribution in [0.2, 0.25) is 0 Å². The maximum Gasteiger partial charge on any atom is 0.119 e. The van der Waals surface area contributed by atoms with Crippen LogP contribution in [0.1, 0.15) is 24.0 Å². The van der Waals surface area contributed by atoms with Crippen molar-refractivity contribution >= 4 is 0 Å². The van der Waals surface area contributed by atoms with Crippen LogP contribution in [0.5, 0.6) is 5.75 Å². The normalized spacial score (nSPS) is 18.7. The quantitative estimate of drug-likeness (QED) is 0.890. The summed E-state index contributed by atoms with van der Waals surface area (Å²) >= 11 is 0. The van der Waals surface area contributed by atoms with Crippen LogP contribution in [-0.2, 0) is 13.2 Å². The number of aromatic nitrogens is 1. The molecule has 1 aromatic carbocycles. The van der Waals surface area contributed by atoms with E-state index in [-0.39, 0.29) is 0 Å². The Balaban J connectivity index is 1.51. The van der Waals surface area contributed by atoms with Gasteiger partial charge in [-0.25, -0.2) is 0 Å². The first-order valence-corrected chi connectivity index (χ1v) is 8.34. The Morgan fingerprint density at radius 1 is 1.22 bits per heavy atom. The Bertz CT molecular complexity index is 585. The van der Waals surface area contributed by atoms with Crippen LogP contribution >= 0.6 is 0 Å². The molecule has 4 nitrogen and oxygen atoms in total. The number of hydrogen-bond acceptors (Lipinski definition) is 4. The second kappa shape index (κ2) is 8.09. The van der Waals surface area contributed by atoms with E-state index in [2.05, 4.69) is 46.5 Å². The third-order valence-corrected chi connectivity index (χ3v) is 4.37. The number of benzene rings is 1. The van der Waals surface area contributed by atoms with Crippen molar-refractivity contribution in [3.63, 3.8) is 0 Å². The van der Waals surface area contributed by atoms with Gasteiger partial charge in [-0.2, -0.15) is 0 Å². The van der Waals surface area contributed by atoms with Gasteiger partial charge in [0.2, 0.25) is 0 Å². The van der Waals surface area contributed by atoms with E-state index in [1.54, 1.807) is 6.20 Å². The zero-order valence-corrected chi connectivity index (χ0v) is 13.7. The Labute approximate surface area is 138 Å². The van der Waals surface area contributed by atoms with E-state index in [1.165, 1.54) is 24.9 Å². The van der Waals surface area contributed by atoms with E-state index in [1.807, 2.05) is 18.3 Å². The lowest BCUT2D eigenvalue weighted by Crippen LogP contribution is -2.43. The van der Waals surface area contributed by atoms with Crippen molar-refractivity contribution in [2.75, 3.05) is 20.1 Å². The molecule has 4 heteroatoms. The van der Waals surface area contributed by atoms with Crippen LogP contribution in [0.15, 0.2) is 48.8 Å². The summed E-state index contributed by atoms with van der Waals surface area (Å²) < 4.78 is 5.81. The number of nitrogens with zero attached hydrogens (tertiary/aromatic N) is 2. The Morgan fingerprint density at radius 2 is 2.09 bits per heavy atom. The van der Waals surface area contributed by atoms with Gasteiger partial charge in [0.15, 0.2) is 0 Å². The lowest BCUT2D eigenvalue weighted by atomic mass is 10.1. The van der Waals surface area contributed by atoms with Crippen LogP contribution < -0.4 is 10.1 Å². The highest BCUT2D eigenvalue weighted by Crippen LogP contribution is 2.17. The average Bonchev–Trinajstić information content (AvgIpc) is 2.62. The summed E-state index contributed by atoms with van der Waals surface area (Å²) in [5.74, 6) is 0.907. The van der Waals surface area contributed by atoms with Gasteiger partial charge in [-0.15, -0.1) is 0 Å². The maximum atomic E-state index is 5.81. The summed E-state index contributed by atoms with van der Waals surface area (Å²) in [6, 6.07) is 13.0. The van der Waals surface area contributed by atoms with Crippen molar-refractivity contribution in [3.8, 4) is 5.75 Å². The van der Waals surface area contributed by atoms with Crippen LogP contribution in [0, 0.1) is 0 Å². The van der Waals surface area contributed by atoms with E-state index in [4.69, 9.17) is 4.74 Å². The molecule has 1 unspecified atom stereocenters. The number of likely N-dealkylation sites (N-methyl/N-ethyl adjacent to an activating group) is 1. The van der Waals surface area contributed by atoms with Crippen molar-refractivity contribution in [3.05, 3.63) is 59.9 Å². The second-order valence-corrected chi connectivity index (χ2v) is 6.16. The predicted octanol–water partition coefficient (Wildman–Crippen LogP) is 2.84. The molecular formula is C19H25N3O. The van der Waals surface area contributed by atoms with Gasteiger partial charge in [0.25, 0.3) is 0 Å². The first kappa shape index (κ1) is 16.0. The van der Waals surface area contributed by atoms with Gasteiger partial charge in [0.05, 0.1) is 0 Å². The van der Waals surface area contributed by atoms with Crippen LogP contribution in [0.3, 0.4) is 0 Å². The minimum absolute atomic E-state index is 0.559. The van der Waals surface area contributed by atoms with Crippen molar-refractivity contribution in [2.45, 2.75) is 32.0 Å². The average molecular weight is 311 g/mol. The molecule has 1 atom stereocenters. The Hall–Kier alpha value is -1.91. The molecule has 2 heterocycles. The second-order valence-electron chi connectivity index (χ2n) is 6.16. The van der Waals surface area contributed by atoms with Crippen molar-refractivity contribution in [1.82, 2.24) is 15.2 Å².